The third-order valence-corrected chi connectivity index (χ3v) is 3.90. The maximum atomic E-state index is 5.95. The van der Waals surface area contributed by atoms with Crippen molar-refractivity contribution in [1.82, 2.24) is 9.55 Å². The van der Waals surface area contributed by atoms with Gasteiger partial charge in [-0.15, -0.1) is 0 Å². The van der Waals surface area contributed by atoms with Crippen LogP contribution in [0.25, 0.3) is 0 Å². The van der Waals surface area contributed by atoms with Gasteiger partial charge in [-0.2, -0.15) is 0 Å². The lowest BCUT2D eigenvalue weighted by Crippen LogP contribution is -2.27. The van der Waals surface area contributed by atoms with Gasteiger partial charge in [-0.25, -0.2) is 4.98 Å². The van der Waals surface area contributed by atoms with Crippen LogP contribution in [-0.4, -0.2) is 15.6 Å². The van der Waals surface area contributed by atoms with Crippen LogP contribution in [0.15, 0.2) is 12.4 Å². The quantitative estimate of drug-likeness (QED) is 0.853. The molecule has 0 spiro atoms. The largest absolute Gasteiger partial charge is 0.332 e. The predicted molar refractivity (Wildman–Crippen MR) is 66.4 cm³/mol. The second-order valence-corrected chi connectivity index (χ2v) is 5.06. The van der Waals surface area contributed by atoms with Gasteiger partial charge < -0.3 is 10.3 Å². The van der Waals surface area contributed by atoms with Crippen LogP contribution in [0.3, 0.4) is 0 Å². The fraction of sp³-hybridized carbons (Fsp3) is 0.769. The van der Waals surface area contributed by atoms with E-state index in [4.69, 9.17) is 5.73 Å². The summed E-state index contributed by atoms with van der Waals surface area (Å²) < 4.78 is 2.35. The molecule has 1 aromatic rings. The van der Waals surface area contributed by atoms with Gasteiger partial charge in [-0.05, 0) is 39.0 Å². The summed E-state index contributed by atoms with van der Waals surface area (Å²) in [5, 5.41) is 0. The Bertz CT molecular complexity index is 324. The first kappa shape index (κ1) is 11.6. The maximum Gasteiger partial charge on any atom is 0.112 e. The summed E-state index contributed by atoms with van der Waals surface area (Å²) >= 11 is 0. The van der Waals surface area contributed by atoms with Crippen molar-refractivity contribution in [3.8, 4) is 0 Å². The zero-order valence-corrected chi connectivity index (χ0v) is 10.4. The molecule has 3 nitrogen and oxygen atoms in total. The van der Waals surface area contributed by atoms with Gasteiger partial charge in [0.05, 0.1) is 0 Å². The Morgan fingerprint density at radius 3 is 2.75 bits per heavy atom. The molecular weight excluding hydrogens is 198 g/mol. The van der Waals surface area contributed by atoms with E-state index in [0.29, 0.717) is 18.0 Å². The molecule has 1 fully saturated rings. The average molecular weight is 221 g/mol. The fourth-order valence-corrected chi connectivity index (χ4v) is 2.59. The number of hydrogen-bond acceptors (Lipinski definition) is 2. The Morgan fingerprint density at radius 2 is 2.12 bits per heavy atom. The number of nitrogens with two attached hydrogens (primary N) is 1. The van der Waals surface area contributed by atoms with E-state index in [0.717, 1.165) is 19.3 Å². The van der Waals surface area contributed by atoms with E-state index in [2.05, 4.69) is 29.6 Å². The van der Waals surface area contributed by atoms with Crippen LogP contribution in [0, 0.1) is 0 Å². The number of aromatic nitrogens is 2. The van der Waals surface area contributed by atoms with E-state index in [1.807, 2.05) is 6.20 Å². The van der Waals surface area contributed by atoms with Crippen molar-refractivity contribution in [2.24, 2.45) is 5.73 Å². The summed E-state index contributed by atoms with van der Waals surface area (Å²) in [6.07, 6.45) is 9.93. The molecule has 1 aliphatic rings. The second-order valence-electron chi connectivity index (χ2n) is 5.06. The Kier molecular flexibility index (Phi) is 3.64. The Morgan fingerprint density at radius 1 is 1.44 bits per heavy atom. The minimum absolute atomic E-state index is 0.420. The molecule has 0 saturated heterocycles. The van der Waals surface area contributed by atoms with Gasteiger partial charge in [-0.3, -0.25) is 0 Å². The van der Waals surface area contributed by atoms with Crippen LogP contribution in [0.1, 0.15) is 63.7 Å². The maximum absolute atomic E-state index is 5.95. The zero-order valence-electron chi connectivity index (χ0n) is 10.4. The van der Waals surface area contributed by atoms with Gasteiger partial charge in [0.25, 0.3) is 0 Å². The van der Waals surface area contributed by atoms with Crippen LogP contribution in [-0.2, 0) is 0 Å². The van der Waals surface area contributed by atoms with Gasteiger partial charge in [0.2, 0.25) is 0 Å². The van der Waals surface area contributed by atoms with E-state index < -0.39 is 0 Å². The molecule has 90 valence electrons. The third kappa shape index (κ3) is 2.29. The summed E-state index contributed by atoms with van der Waals surface area (Å²) in [6.45, 7) is 4.49. The van der Waals surface area contributed by atoms with Gasteiger partial charge >= 0.3 is 0 Å². The lowest BCUT2D eigenvalue weighted by molar-refractivity contribution is 0.366. The number of imidazole rings is 1. The van der Waals surface area contributed by atoms with Crippen LogP contribution in [0.5, 0.6) is 0 Å². The molecule has 1 aliphatic carbocycles. The monoisotopic (exact) mass is 221 g/mol. The first-order valence-corrected chi connectivity index (χ1v) is 6.50. The van der Waals surface area contributed by atoms with Gasteiger partial charge in [0, 0.05) is 30.4 Å². The Balaban J connectivity index is 2.11. The summed E-state index contributed by atoms with van der Waals surface area (Å²) in [4.78, 5) is 4.56. The summed E-state index contributed by atoms with van der Waals surface area (Å²) in [7, 11) is 0. The van der Waals surface area contributed by atoms with Crippen molar-refractivity contribution in [2.45, 2.75) is 64.0 Å². The summed E-state index contributed by atoms with van der Waals surface area (Å²) in [5.74, 6) is 1.91. The molecule has 2 N–H and O–H groups in total. The molecule has 1 heterocycles. The highest BCUT2D eigenvalue weighted by atomic mass is 15.1. The first-order chi connectivity index (χ1) is 7.72. The number of nitrogens with zero attached hydrogens (tertiary/aromatic N) is 2. The Hall–Kier alpha value is -0.830. The van der Waals surface area contributed by atoms with E-state index in [1.54, 1.807) is 0 Å². The van der Waals surface area contributed by atoms with Crippen molar-refractivity contribution >= 4 is 0 Å². The molecular formula is C13H23N3. The highest BCUT2D eigenvalue weighted by Crippen LogP contribution is 2.32. The molecule has 0 unspecified atom stereocenters. The highest BCUT2D eigenvalue weighted by molar-refractivity contribution is 5.04. The predicted octanol–water partition coefficient (Wildman–Crippen LogP) is 2.84. The molecule has 3 heteroatoms. The lowest BCUT2D eigenvalue weighted by Gasteiger charge is -2.27. The second kappa shape index (κ2) is 5.00. The minimum atomic E-state index is 0.420. The fourth-order valence-electron chi connectivity index (χ4n) is 2.59. The van der Waals surface area contributed by atoms with Crippen LogP contribution < -0.4 is 5.73 Å². The number of hydrogen-bond donors (Lipinski definition) is 1. The average Bonchev–Trinajstić information content (AvgIpc) is 2.78. The molecule has 2 rings (SSSR count). The molecule has 0 aromatic carbocycles. The van der Waals surface area contributed by atoms with Crippen molar-refractivity contribution < 1.29 is 0 Å². The smallest absolute Gasteiger partial charge is 0.112 e. The van der Waals surface area contributed by atoms with E-state index in [9.17, 15) is 0 Å². The Labute approximate surface area is 98.1 Å². The van der Waals surface area contributed by atoms with Crippen LogP contribution >= 0.6 is 0 Å². The van der Waals surface area contributed by atoms with Crippen LogP contribution in [0.4, 0.5) is 0 Å². The van der Waals surface area contributed by atoms with E-state index in [1.165, 1.54) is 18.7 Å². The molecule has 0 radical (unpaired) electrons. The van der Waals surface area contributed by atoms with Crippen molar-refractivity contribution in [3.63, 3.8) is 0 Å². The lowest BCUT2D eigenvalue weighted by atomic mass is 9.86. The van der Waals surface area contributed by atoms with Crippen molar-refractivity contribution in [2.75, 3.05) is 0 Å². The van der Waals surface area contributed by atoms with Crippen LogP contribution in [0.2, 0.25) is 0 Å². The summed E-state index contributed by atoms with van der Waals surface area (Å²) in [6, 6.07) is 0.983. The SMILES string of the molecule is CC[C@@H](C)n1ccnc1C1CCC(N)CC1. The first-order valence-electron chi connectivity index (χ1n) is 6.50. The normalized spacial score (nSPS) is 27.9. The molecule has 1 saturated carbocycles. The standard InChI is InChI=1S/C13H23N3/c1-3-10(2)16-9-8-15-13(16)11-4-6-12(14)7-5-11/h8-12H,3-7,14H2,1-2H3/t10-,11?,12?/m1/s1. The highest BCUT2D eigenvalue weighted by Gasteiger charge is 2.24. The molecule has 16 heavy (non-hydrogen) atoms. The molecule has 0 aliphatic heterocycles. The molecule has 0 amide bonds. The number of rotatable bonds is 3. The van der Waals surface area contributed by atoms with Crippen molar-refractivity contribution in [1.29, 1.82) is 0 Å². The van der Waals surface area contributed by atoms with Gasteiger partial charge in [0.15, 0.2) is 0 Å². The van der Waals surface area contributed by atoms with E-state index in [-0.39, 0.29) is 0 Å². The zero-order chi connectivity index (χ0) is 11.5. The van der Waals surface area contributed by atoms with E-state index >= 15 is 0 Å². The minimum Gasteiger partial charge on any atom is -0.332 e. The molecule has 1 atom stereocenters. The van der Waals surface area contributed by atoms with Gasteiger partial charge in [-0.1, -0.05) is 6.92 Å². The molecule has 1 aromatic heterocycles. The molecule has 0 bridgehead atoms. The third-order valence-electron chi connectivity index (χ3n) is 3.90. The van der Waals surface area contributed by atoms with Gasteiger partial charge in [0.1, 0.15) is 5.82 Å². The van der Waals surface area contributed by atoms with Crippen molar-refractivity contribution in [3.05, 3.63) is 18.2 Å². The summed E-state index contributed by atoms with van der Waals surface area (Å²) in [5.41, 5.74) is 5.95. The topological polar surface area (TPSA) is 43.8 Å².